The van der Waals surface area contributed by atoms with Gasteiger partial charge in [-0.15, -0.1) is 0 Å². The molecule has 5 rings (SSSR count). The minimum absolute atomic E-state index is 0.0341. The van der Waals surface area contributed by atoms with Gasteiger partial charge in [0, 0.05) is 30.4 Å². The summed E-state index contributed by atoms with van der Waals surface area (Å²) in [7, 11) is 0. The van der Waals surface area contributed by atoms with Crippen LogP contribution in [0, 0.1) is 5.92 Å². The summed E-state index contributed by atoms with van der Waals surface area (Å²) >= 11 is 0. The van der Waals surface area contributed by atoms with Crippen LogP contribution < -0.4 is 10.1 Å². The summed E-state index contributed by atoms with van der Waals surface area (Å²) in [4.78, 5) is 18.2. The van der Waals surface area contributed by atoms with Gasteiger partial charge >= 0.3 is 6.18 Å². The van der Waals surface area contributed by atoms with Crippen molar-refractivity contribution in [1.29, 1.82) is 0 Å². The molecule has 1 N–H and O–H groups in total. The molecule has 3 aliphatic rings. The average molecular weight is 391 g/mol. The van der Waals surface area contributed by atoms with Crippen LogP contribution in [-0.2, 0) is 6.18 Å². The lowest BCUT2D eigenvalue weighted by Crippen LogP contribution is -2.57. The Morgan fingerprint density at radius 3 is 2.43 bits per heavy atom. The summed E-state index contributed by atoms with van der Waals surface area (Å²) in [6.45, 7) is 3.10. The van der Waals surface area contributed by atoms with E-state index >= 15 is 0 Å². The molecule has 1 amide bonds. The van der Waals surface area contributed by atoms with Gasteiger partial charge in [-0.2, -0.15) is 13.2 Å². The number of pyridine rings is 1. The van der Waals surface area contributed by atoms with Crippen molar-refractivity contribution in [2.75, 3.05) is 19.6 Å². The van der Waals surface area contributed by atoms with Crippen molar-refractivity contribution in [2.24, 2.45) is 5.92 Å². The first kappa shape index (κ1) is 18.7. The van der Waals surface area contributed by atoms with Gasteiger partial charge in [-0.1, -0.05) is 0 Å². The lowest BCUT2D eigenvalue weighted by atomic mass is 9.84. The number of halogens is 3. The number of rotatable bonds is 4. The molecule has 1 atom stereocenters. The molecule has 1 unspecified atom stereocenters. The van der Waals surface area contributed by atoms with Crippen LogP contribution >= 0.6 is 0 Å². The highest BCUT2D eigenvalue weighted by Gasteiger charge is 2.35. The first-order valence-electron chi connectivity index (χ1n) is 9.23. The van der Waals surface area contributed by atoms with Gasteiger partial charge in [-0.05, 0) is 62.2 Å². The van der Waals surface area contributed by atoms with Gasteiger partial charge in [0.05, 0.1) is 0 Å². The van der Waals surface area contributed by atoms with E-state index in [0.717, 1.165) is 44.7 Å². The van der Waals surface area contributed by atoms with Crippen molar-refractivity contribution in [3.05, 3.63) is 53.9 Å². The maximum absolute atomic E-state index is 12.7. The zero-order chi connectivity index (χ0) is 19.7. The fourth-order valence-corrected chi connectivity index (χ4v) is 3.82. The highest BCUT2D eigenvalue weighted by atomic mass is 19.4. The first-order valence-corrected chi connectivity index (χ1v) is 9.23. The molecule has 0 aliphatic carbocycles. The number of amides is 1. The Balaban J connectivity index is 1.39. The Kier molecular flexibility index (Phi) is 4.97. The van der Waals surface area contributed by atoms with Crippen LogP contribution in [-0.4, -0.2) is 41.5 Å². The second-order valence-corrected chi connectivity index (χ2v) is 7.22. The molecule has 5 nitrogen and oxygen atoms in total. The number of nitrogens with zero attached hydrogens (tertiary/aromatic N) is 2. The van der Waals surface area contributed by atoms with Gasteiger partial charge < -0.3 is 15.0 Å². The first-order chi connectivity index (χ1) is 13.4. The molecule has 0 saturated carbocycles. The lowest BCUT2D eigenvalue weighted by Gasteiger charge is -2.44. The quantitative estimate of drug-likeness (QED) is 0.863. The number of hydrogen-bond acceptors (Lipinski definition) is 4. The normalized spacial score (nSPS) is 24.0. The highest BCUT2D eigenvalue weighted by molar-refractivity contribution is 5.94. The van der Waals surface area contributed by atoms with E-state index in [0.29, 0.717) is 17.2 Å². The number of carbonyl (C=O) groups excluding carboxylic acids is 1. The van der Waals surface area contributed by atoms with E-state index in [1.807, 2.05) is 0 Å². The van der Waals surface area contributed by atoms with Crippen molar-refractivity contribution in [3.63, 3.8) is 0 Å². The summed E-state index contributed by atoms with van der Waals surface area (Å²) in [6, 6.07) is 8.72. The zero-order valence-electron chi connectivity index (χ0n) is 15.1. The lowest BCUT2D eigenvalue weighted by molar-refractivity contribution is -0.141. The summed E-state index contributed by atoms with van der Waals surface area (Å²) in [5.41, 5.74) is -0.520. The van der Waals surface area contributed by atoms with Gasteiger partial charge in [0.25, 0.3) is 5.91 Å². The van der Waals surface area contributed by atoms with E-state index in [1.165, 1.54) is 6.07 Å². The number of alkyl halides is 3. The number of nitrogens with one attached hydrogen (secondary N) is 1. The topological polar surface area (TPSA) is 54.5 Å². The molecule has 2 aromatic rings. The van der Waals surface area contributed by atoms with Crippen molar-refractivity contribution in [3.8, 4) is 11.5 Å². The SMILES string of the molecule is O=C(NC1CN2CCC1CC2)c1ccc(Oc2ccnc(C(F)(F)F)c2)cc1. The Morgan fingerprint density at radius 1 is 1.11 bits per heavy atom. The van der Waals surface area contributed by atoms with E-state index < -0.39 is 11.9 Å². The standard InChI is InChI=1S/C20H20F3N3O2/c21-20(22,23)18-11-16(5-8-24-18)28-15-3-1-14(2-4-15)19(27)25-17-12-26-9-6-13(17)7-10-26/h1-5,8,11,13,17H,6-7,9-10,12H2,(H,25,27). The molecule has 2 bridgehead atoms. The van der Waals surface area contributed by atoms with Crippen LogP contribution in [0.4, 0.5) is 13.2 Å². The van der Waals surface area contributed by atoms with Gasteiger partial charge in [0.15, 0.2) is 0 Å². The number of aromatic nitrogens is 1. The Hall–Kier alpha value is -2.61. The van der Waals surface area contributed by atoms with E-state index in [9.17, 15) is 18.0 Å². The van der Waals surface area contributed by atoms with Crippen molar-refractivity contribution < 1.29 is 22.7 Å². The summed E-state index contributed by atoms with van der Waals surface area (Å²) in [5.74, 6) is 0.769. The third kappa shape index (κ3) is 4.11. The molecular weight excluding hydrogens is 371 g/mol. The summed E-state index contributed by atoms with van der Waals surface area (Å²) in [5, 5.41) is 3.11. The maximum atomic E-state index is 12.7. The van der Waals surface area contributed by atoms with E-state index in [4.69, 9.17) is 4.74 Å². The number of piperidine rings is 3. The van der Waals surface area contributed by atoms with Gasteiger partial charge in [0.1, 0.15) is 17.2 Å². The van der Waals surface area contributed by atoms with E-state index in [-0.39, 0.29) is 17.7 Å². The fourth-order valence-electron chi connectivity index (χ4n) is 3.82. The Bertz CT molecular complexity index is 847. The molecular formula is C20H20F3N3O2. The zero-order valence-corrected chi connectivity index (χ0v) is 15.1. The second kappa shape index (κ2) is 7.43. The number of benzene rings is 1. The van der Waals surface area contributed by atoms with Crippen LogP contribution in [0.25, 0.3) is 0 Å². The third-order valence-corrected chi connectivity index (χ3v) is 5.35. The molecule has 4 heterocycles. The predicted octanol–water partition coefficient (Wildman–Crippen LogP) is 3.72. The monoisotopic (exact) mass is 391 g/mol. The van der Waals surface area contributed by atoms with Gasteiger partial charge in [-0.3, -0.25) is 9.78 Å². The van der Waals surface area contributed by atoms with Crippen LogP contribution in [0.5, 0.6) is 11.5 Å². The molecule has 148 valence electrons. The van der Waals surface area contributed by atoms with Crippen LogP contribution in [0.15, 0.2) is 42.6 Å². The van der Waals surface area contributed by atoms with Crippen molar-refractivity contribution in [2.45, 2.75) is 25.1 Å². The molecule has 1 aromatic carbocycles. The number of fused-ring (bicyclic) bond motifs is 3. The molecule has 3 fully saturated rings. The summed E-state index contributed by atoms with van der Waals surface area (Å²) < 4.78 is 43.7. The van der Waals surface area contributed by atoms with Crippen molar-refractivity contribution in [1.82, 2.24) is 15.2 Å². The Morgan fingerprint density at radius 2 is 1.82 bits per heavy atom. The van der Waals surface area contributed by atoms with Gasteiger partial charge in [0.2, 0.25) is 0 Å². The average Bonchev–Trinajstić information content (AvgIpc) is 2.69. The van der Waals surface area contributed by atoms with Gasteiger partial charge in [-0.25, -0.2) is 0 Å². The fraction of sp³-hybridized carbons (Fsp3) is 0.400. The molecule has 3 aliphatic heterocycles. The molecule has 28 heavy (non-hydrogen) atoms. The molecule has 0 radical (unpaired) electrons. The molecule has 8 heteroatoms. The van der Waals surface area contributed by atoms with Crippen LogP contribution in [0.3, 0.4) is 0 Å². The smallest absolute Gasteiger partial charge is 0.433 e. The maximum Gasteiger partial charge on any atom is 0.433 e. The molecule has 3 saturated heterocycles. The summed E-state index contributed by atoms with van der Waals surface area (Å²) in [6.07, 6.45) is -1.25. The highest BCUT2D eigenvalue weighted by Crippen LogP contribution is 2.31. The number of hydrogen-bond donors (Lipinski definition) is 1. The largest absolute Gasteiger partial charge is 0.457 e. The molecule has 1 aromatic heterocycles. The van der Waals surface area contributed by atoms with E-state index in [2.05, 4.69) is 15.2 Å². The Labute approximate surface area is 160 Å². The third-order valence-electron chi connectivity index (χ3n) is 5.35. The second-order valence-electron chi connectivity index (χ2n) is 7.22. The van der Waals surface area contributed by atoms with E-state index in [1.54, 1.807) is 24.3 Å². The van der Waals surface area contributed by atoms with Crippen LogP contribution in [0.1, 0.15) is 28.9 Å². The number of ether oxygens (including phenoxy) is 1. The van der Waals surface area contributed by atoms with Crippen molar-refractivity contribution >= 4 is 5.91 Å². The number of carbonyl (C=O) groups is 1. The minimum atomic E-state index is -4.53. The predicted molar refractivity (Wildman–Crippen MR) is 96.2 cm³/mol. The van der Waals surface area contributed by atoms with Crippen LogP contribution in [0.2, 0.25) is 0 Å². The minimum Gasteiger partial charge on any atom is -0.457 e. The molecule has 0 spiro atoms.